The van der Waals surface area contributed by atoms with E-state index in [9.17, 15) is 0 Å². The van der Waals surface area contributed by atoms with Gasteiger partial charge in [0.25, 0.3) is 0 Å². The summed E-state index contributed by atoms with van der Waals surface area (Å²) in [5, 5.41) is 0. The van der Waals surface area contributed by atoms with E-state index in [4.69, 9.17) is 0 Å². The summed E-state index contributed by atoms with van der Waals surface area (Å²) in [4.78, 5) is 0. The van der Waals surface area contributed by atoms with Gasteiger partial charge in [-0.15, -0.1) is 0 Å². The van der Waals surface area contributed by atoms with Gasteiger partial charge in [-0.2, -0.15) is 0 Å². The maximum atomic E-state index is 2.57. The van der Waals surface area contributed by atoms with E-state index >= 15 is 0 Å². The van der Waals surface area contributed by atoms with Crippen LogP contribution >= 0.6 is 7.26 Å². The van der Waals surface area contributed by atoms with E-state index in [0.717, 1.165) is 0 Å². The molecule has 0 aliphatic rings. The predicted octanol–water partition coefficient (Wildman–Crippen LogP) is 8.68. The Morgan fingerprint density at radius 1 is 0.577 bits per heavy atom. The van der Waals surface area contributed by atoms with Crippen LogP contribution in [0.1, 0.15) is 102 Å². The molecule has 0 spiro atoms. The van der Waals surface area contributed by atoms with Gasteiger partial charge >= 0.3 is 139 Å². The van der Waals surface area contributed by atoms with Crippen molar-refractivity contribution in [3.05, 3.63) is 35.9 Å². The summed E-state index contributed by atoms with van der Waals surface area (Å²) in [7, 11) is -1.05. The zero-order chi connectivity index (χ0) is 18.9. The first kappa shape index (κ1) is 23.7. The van der Waals surface area contributed by atoms with Crippen LogP contribution in [0.15, 0.2) is 30.3 Å². The molecule has 152 valence electrons. The summed E-state index contributed by atoms with van der Waals surface area (Å²) in [6, 6.07) is 11.1. The van der Waals surface area contributed by atoms with Crippen molar-refractivity contribution >= 4 is 7.26 Å². The van der Waals surface area contributed by atoms with E-state index in [2.05, 4.69) is 50.6 Å². The second-order valence-electron chi connectivity index (χ2n) is 9.17. The second-order valence-corrected chi connectivity index (χ2v) is 14.4. The maximum absolute atomic E-state index is 2.57. The van der Waals surface area contributed by atoms with Crippen LogP contribution in [-0.2, 0) is 6.16 Å². The van der Waals surface area contributed by atoms with Gasteiger partial charge in [0.15, 0.2) is 0 Å². The van der Waals surface area contributed by atoms with Gasteiger partial charge in [0.2, 0.25) is 0 Å². The van der Waals surface area contributed by atoms with Gasteiger partial charge in [-0.3, -0.25) is 0 Å². The molecule has 0 amide bonds. The quantitative estimate of drug-likeness (QED) is 0.188. The molecule has 1 aromatic carbocycles. The monoisotopic (exact) mass is 378 g/mol. The number of rotatable bonds is 17. The molecule has 0 heterocycles. The molecule has 1 aromatic rings. The second kappa shape index (κ2) is 15.7. The van der Waals surface area contributed by atoms with Gasteiger partial charge in [0.05, 0.1) is 0 Å². The molecule has 0 aliphatic heterocycles. The molecule has 0 radical (unpaired) electrons. The average molecular weight is 379 g/mol. The molecule has 1 rings (SSSR count). The summed E-state index contributed by atoms with van der Waals surface area (Å²) >= 11 is 0. The van der Waals surface area contributed by atoms with Gasteiger partial charge in [-0.1, -0.05) is 26.2 Å². The molecule has 0 saturated heterocycles. The van der Waals surface area contributed by atoms with Gasteiger partial charge in [-0.05, 0) is 0 Å². The van der Waals surface area contributed by atoms with Crippen molar-refractivity contribution in [3.63, 3.8) is 0 Å². The minimum atomic E-state index is -1.05. The van der Waals surface area contributed by atoms with Gasteiger partial charge < -0.3 is 0 Å². The predicted molar refractivity (Wildman–Crippen MR) is 125 cm³/mol. The van der Waals surface area contributed by atoms with Crippen LogP contribution in [0.25, 0.3) is 0 Å². The summed E-state index contributed by atoms with van der Waals surface area (Å²) in [6.45, 7) is 7.44. The molecule has 0 bridgehead atoms. The number of benzene rings is 1. The standard InChI is InChI=1S/C25H47P/c1-4-5-6-7-8-9-10-11-12-13-14-15-16-20-23-26(2,3)24-25-21-18-17-19-22-25/h17-19,21-22,26H,4-16,20,23-24H2,1-3H3. The fraction of sp³-hybridized carbons (Fsp3) is 0.760. The molecule has 1 heteroatoms. The topological polar surface area (TPSA) is 0 Å². The van der Waals surface area contributed by atoms with Gasteiger partial charge in [0, 0.05) is 0 Å². The van der Waals surface area contributed by atoms with E-state index in [1.54, 1.807) is 5.56 Å². The Hall–Kier alpha value is -0.350. The first-order valence-electron chi connectivity index (χ1n) is 11.7. The third-order valence-electron chi connectivity index (χ3n) is 5.73. The van der Waals surface area contributed by atoms with Crippen LogP contribution in [0.5, 0.6) is 0 Å². The molecular weight excluding hydrogens is 331 g/mol. The van der Waals surface area contributed by atoms with Gasteiger partial charge in [0.1, 0.15) is 0 Å². The number of unbranched alkanes of at least 4 members (excludes halogenated alkanes) is 13. The van der Waals surface area contributed by atoms with Crippen LogP contribution in [0, 0.1) is 0 Å². The van der Waals surface area contributed by atoms with E-state index in [-0.39, 0.29) is 0 Å². The van der Waals surface area contributed by atoms with Crippen molar-refractivity contribution in [2.45, 2.75) is 103 Å². The fourth-order valence-electron chi connectivity index (χ4n) is 4.03. The van der Waals surface area contributed by atoms with Crippen molar-refractivity contribution in [3.8, 4) is 0 Å². The number of hydrogen-bond acceptors (Lipinski definition) is 0. The fourth-order valence-corrected chi connectivity index (χ4v) is 6.76. The summed E-state index contributed by atoms with van der Waals surface area (Å²) < 4.78 is 0. The van der Waals surface area contributed by atoms with Gasteiger partial charge in [-0.25, -0.2) is 0 Å². The average Bonchev–Trinajstić information content (AvgIpc) is 2.62. The van der Waals surface area contributed by atoms with Crippen LogP contribution < -0.4 is 0 Å². The molecular formula is C25H47P. The Bertz CT molecular complexity index is 409. The minimum absolute atomic E-state index is 1.05. The van der Waals surface area contributed by atoms with Crippen molar-refractivity contribution in [1.29, 1.82) is 0 Å². The molecule has 0 nitrogen and oxygen atoms in total. The van der Waals surface area contributed by atoms with E-state index in [1.165, 1.54) is 102 Å². The first-order chi connectivity index (χ1) is 12.6. The first-order valence-corrected chi connectivity index (χ1v) is 15.1. The van der Waals surface area contributed by atoms with E-state index < -0.39 is 7.26 Å². The molecule has 26 heavy (non-hydrogen) atoms. The molecule has 0 saturated carbocycles. The Morgan fingerprint density at radius 3 is 1.46 bits per heavy atom. The molecule has 0 aromatic heterocycles. The molecule has 0 atom stereocenters. The summed E-state index contributed by atoms with van der Waals surface area (Å²) in [5.41, 5.74) is 1.55. The molecule has 0 N–H and O–H groups in total. The van der Waals surface area contributed by atoms with Crippen molar-refractivity contribution in [2.24, 2.45) is 0 Å². The van der Waals surface area contributed by atoms with Crippen molar-refractivity contribution in [1.82, 2.24) is 0 Å². The van der Waals surface area contributed by atoms with Crippen LogP contribution in [0.3, 0.4) is 0 Å². The van der Waals surface area contributed by atoms with E-state index in [0.29, 0.717) is 0 Å². The molecule has 0 unspecified atom stereocenters. The summed E-state index contributed by atoms with van der Waals surface area (Å²) in [6.07, 6.45) is 23.3. The van der Waals surface area contributed by atoms with Crippen LogP contribution in [0.2, 0.25) is 0 Å². The number of hydrogen-bond donors (Lipinski definition) is 0. The normalized spacial score (nSPS) is 12.4. The Balaban J connectivity index is 1.87. The Morgan fingerprint density at radius 2 is 1.00 bits per heavy atom. The zero-order valence-corrected chi connectivity index (χ0v) is 19.2. The molecule has 0 aliphatic carbocycles. The third kappa shape index (κ3) is 13.8. The van der Waals surface area contributed by atoms with Crippen LogP contribution in [-0.4, -0.2) is 19.5 Å². The molecule has 0 fully saturated rings. The third-order valence-corrected chi connectivity index (χ3v) is 8.81. The van der Waals surface area contributed by atoms with Crippen LogP contribution in [0.4, 0.5) is 0 Å². The van der Waals surface area contributed by atoms with Crippen molar-refractivity contribution < 1.29 is 0 Å². The Kier molecular flexibility index (Phi) is 14.3. The van der Waals surface area contributed by atoms with Crippen molar-refractivity contribution in [2.75, 3.05) is 19.5 Å². The van der Waals surface area contributed by atoms with E-state index in [1.807, 2.05) is 0 Å². The summed E-state index contributed by atoms with van der Waals surface area (Å²) in [5.74, 6) is 0. The zero-order valence-electron chi connectivity index (χ0n) is 18.2. The Labute approximate surface area is 165 Å². The SMILES string of the molecule is CCCCCCCCCCCCCCCC[PH](C)(C)Cc1ccccc1.